The molecule has 2 nitrogen and oxygen atoms in total. The highest BCUT2D eigenvalue weighted by Gasteiger charge is 2.01. The first-order valence-electron chi connectivity index (χ1n) is 5.46. The molecule has 0 saturated carbocycles. The quantitative estimate of drug-likeness (QED) is 0.848. The molecule has 0 aliphatic carbocycles. The van der Waals surface area contributed by atoms with Crippen molar-refractivity contribution in [2.24, 2.45) is 0 Å². The minimum absolute atomic E-state index is 0.239. The van der Waals surface area contributed by atoms with E-state index in [-0.39, 0.29) is 6.42 Å². The second kappa shape index (κ2) is 4.79. The molecule has 0 aliphatic heterocycles. The highest BCUT2D eigenvalue weighted by atomic mass is 16.4. The normalized spacial score (nSPS) is 10.5. The molecule has 2 rings (SSSR count). The van der Waals surface area contributed by atoms with Gasteiger partial charge in [0.25, 0.3) is 0 Å². The molecular formula is C14H14O2. The maximum atomic E-state index is 10.5. The van der Waals surface area contributed by atoms with Crippen LogP contribution in [0.4, 0.5) is 0 Å². The second-order valence-corrected chi connectivity index (χ2v) is 3.89. The lowest BCUT2D eigenvalue weighted by molar-refractivity contribution is -0.137. The number of fused-ring (bicyclic) bond motifs is 1. The van der Waals surface area contributed by atoms with Gasteiger partial charge in [-0.05, 0) is 29.2 Å². The van der Waals surface area contributed by atoms with Gasteiger partial charge in [0.15, 0.2) is 0 Å². The summed E-state index contributed by atoms with van der Waals surface area (Å²) in [5.74, 6) is -0.722. The van der Waals surface area contributed by atoms with Gasteiger partial charge in [-0.1, -0.05) is 42.5 Å². The van der Waals surface area contributed by atoms with Gasteiger partial charge < -0.3 is 5.11 Å². The third kappa shape index (κ3) is 2.40. The predicted octanol–water partition coefficient (Wildman–Crippen LogP) is 3.25. The molecule has 0 heterocycles. The molecular weight excluding hydrogens is 200 g/mol. The number of aryl methyl sites for hydroxylation is 1. The highest BCUT2D eigenvalue weighted by molar-refractivity contribution is 5.85. The molecule has 1 N–H and O–H groups in total. The van der Waals surface area contributed by atoms with Crippen molar-refractivity contribution in [3.8, 4) is 0 Å². The lowest BCUT2D eigenvalue weighted by Gasteiger charge is -2.05. The Labute approximate surface area is 94.5 Å². The molecule has 0 aliphatic rings. The predicted molar refractivity (Wildman–Crippen MR) is 64.5 cm³/mol. The van der Waals surface area contributed by atoms with Crippen molar-refractivity contribution >= 4 is 16.7 Å². The van der Waals surface area contributed by atoms with Gasteiger partial charge in [0, 0.05) is 6.42 Å². The van der Waals surface area contributed by atoms with Crippen molar-refractivity contribution in [1.29, 1.82) is 0 Å². The smallest absolute Gasteiger partial charge is 0.303 e. The molecule has 0 amide bonds. The molecule has 0 atom stereocenters. The molecule has 0 saturated heterocycles. The van der Waals surface area contributed by atoms with Gasteiger partial charge in [-0.15, -0.1) is 0 Å². The average molecular weight is 214 g/mol. The monoisotopic (exact) mass is 214 g/mol. The van der Waals surface area contributed by atoms with Crippen LogP contribution < -0.4 is 0 Å². The van der Waals surface area contributed by atoms with E-state index in [4.69, 9.17) is 5.11 Å². The summed E-state index contributed by atoms with van der Waals surface area (Å²) in [5.41, 5.74) is 1.24. The first-order chi connectivity index (χ1) is 7.77. The molecule has 0 unspecified atom stereocenters. The number of carboxylic acid groups (broad SMARTS) is 1. The van der Waals surface area contributed by atoms with Gasteiger partial charge in [-0.3, -0.25) is 4.79 Å². The summed E-state index contributed by atoms with van der Waals surface area (Å²) in [4.78, 5) is 10.5. The van der Waals surface area contributed by atoms with Crippen molar-refractivity contribution < 1.29 is 9.90 Å². The summed E-state index contributed by atoms with van der Waals surface area (Å²) >= 11 is 0. The summed E-state index contributed by atoms with van der Waals surface area (Å²) in [6, 6.07) is 14.4. The van der Waals surface area contributed by atoms with E-state index in [2.05, 4.69) is 24.3 Å². The lowest BCUT2D eigenvalue weighted by Crippen LogP contribution is -1.96. The summed E-state index contributed by atoms with van der Waals surface area (Å²) in [7, 11) is 0. The topological polar surface area (TPSA) is 37.3 Å². The minimum atomic E-state index is -0.722. The third-order valence-electron chi connectivity index (χ3n) is 2.72. The van der Waals surface area contributed by atoms with Crippen LogP contribution in [0.2, 0.25) is 0 Å². The van der Waals surface area contributed by atoms with Gasteiger partial charge in [0.2, 0.25) is 0 Å². The standard InChI is InChI=1S/C14H14O2/c15-14(16)10-4-8-12-7-3-6-11-5-1-2-9-13(11)12/h1-3,5-7,9H,4,8,10H2,(H,15,16). The molecule has 2 aromatic carbocycles. The van der Waals surface area contributed by atoms with E-state index in [0.717, 1.165) is 6.42 Å². The Morgan fingerprint density at radius 3 is 2.62 bits per heavy atom. The Morgan fingerprint density at radius 2 is 1.81 bits per heavy atom. The molecule has 82 valence electrons. The number of hydrogen-bond acceptors (Lipinski definition) is 1. The molecule has 2 aromatic rings. The molecule has 2 heteroatoms. The van der Waals surface area contributed by atoms with Crippen molar-refractivity contribution in [3.63, 3.8) is 0 Å². The van der Waals surface area contributed by atoms with Gasteiger partial charge >= 0.3 is 5.97 Å². The molecule has 0 radical (unpaired) electrons. The molecule has 0 aromatic heterocycles. The van der Waals surface area contributed by atoms with Crippen LogP contribution >= 0.6 is 0 Å². The van der Waals surface area contributed by atoms with Crippen molar-refractivity contribution in [1.82, 2.24) is 0 Å². The maximum Gasteiger partial charge on any atom is 0.303 e. The summed E-state index contributed by atoms with van der Waals surface area (Å²) in [5, 5.41) is 11.1. The van der Waals surface area contributed by atoms with Crippen molar-refractivity contribution in [3.05, 3.63) is 48.0 Å². The fourth-order valence-electron chi connectivity index (χ4n) is 1.94. The van der Waals surface area contributed by atoms with E-state index in [1.54, 1.807) is 0 Å². The largest absolute Gasteiger partial charge is 0.481 e. The number of benzene rings is 2. The SMILES string of the molecule is O=C(O)CCCc1cccc2ccccc12. The molecule has 0 bridgehead atoms. The molecule has 0 spiro atoms. The van der Waals surface area contributed by atoms with Crippen molar-refractivity contribution in [2.45, 2.75) is 19.3 Å². The van der Waals surface area contributed by atoms with Gasteiger partial charge in [-0.25, -0.2) is 0 Å². The number of rotatable bonds is 4. The number of hydrogen-bond donors (Lipinski definition) is 1. The average Bonchev–Trinajstić information content (AvgIpc) is 2.29. The number of aliphatic carboxylic acids is 1. The summed E-state index contributed by atoms with van der Waals surface area (Å²) < 4.78 is 0. The van der Waals surface area contributed by atoms with E-state index in [1.807, 2.05) is 18.2 Å². The summed E-state index contributed by atoms with van der Waals surface area (Å²) in [6.07, 6.45) is 1.76. The highest BCUT2D eigenvalue weighted by Crippen LogP contribution is 2.19. The molecule has 0 fully saturated rings. The van der Waals surface area contributed by atoms with Crippen LogP contribution in [0.5, 0.6) is 0 Å². The maximum absolute atomic E-state index is 10.5. The first-order valence-corrected chi connectivity index (χ1v) is 5.46. The van der Waals surface area contributed by atoms with E-state index in [0.29, 0.717) is 6.42 Å². The third-order valence-corrected chi connectivity index (χ3v) is 2.72. The summed E-state index contributed by atoms with van der Waals surface area (Å²) in [6.45, 7) is 0. The Morgan fingerprint density at radius 1 is 1.06 bits per heavy atom. The Kier molecular flexibility index (Phi) is 3.20. The Balaban J connectivity index is 2.20. The molecule has 16 heavy (non-hydrogen) atoms. The van der Waals surface area contributed by atoms with Crippen LogP contribution in [-0.2, 0) is 11.2 Å². The zero-order valence-corrected chi connectivity index (χ0v) is 9.02. The van der Waals surface area contributed by atoms with Crippen LogP contribution in [-0.4, -0.2) is 11.1 Å². The van der Waals surface area contributed by atoms with Gasteiger partial charge in [0.05, 0.1) is 0 Å². The minimum Gasteiger partial charge on any atom is -0.481 e. The van der Waals surface area contributed by atoms with Gasteiger partial charge in [-0.2, -0.15) is 0 Å². The fraction of sp³-hybridized carbons (Fsp3) is 0.214. The van der Waals surface area contributed by atoms with Crippen LogP contribution in [0.1, 0.15) is 18.4 Å². The second-order valence-electron chi connectivity index (χ2n) is 3.89. The van der Waals surface area contributed by atoms with E-state index < -0.39 is 5.97 Å². The van der Waals surface area contributed by atoms with Gasteiger partial charge in [0.1, 0.15) is 0 Å². The number of carbonyl (C=O) groups is 1. The Hall–Kier alpha value is -1.83. The van der Waals surface area contributed by atoms with Crippen LogP contribution in [0, 0.1) is 0 Å². The van der Waals surface area contributed by atoms with Crippen LogP contribution in [0.25, 0.3) is 10.8 Å². The zero-order valence-electron chi connectivity index (χ0n) is 9.02. The van der Waals surface area contributed by atoms with E-state index in [9.17, 15) is 4.79 Å². The van der Waals surface area contributed by atoms with Crippen LogP contribution in [0.15, 0.2) is 42.5 Å². The van der Waals surface area contributed by atoms with Crippen LogP contribution in [0.3, 0.4) is 0 Å². The lowest BCUT2D eigenvalue weighted by atomic mass is 10.0. The van der Waals surface area contributed by atoms with E-state index in [1.165, 1.54) is 16.3 Å². The zero-order chi connectivity index (χ0) is 11.4. The number of carboxylic acids is 1. The fourth-order valence-corrected chi connectivity index (χ4v) is 1.94. The first kappa shape index (κ1) is 10.7. The van der Waals surface area contributed by atoms with Crippen molar-refractivity contribution in [2.75, 3.05) is 0 Å². The van der Waals surface area contributed by atoms with E-state index >= 15 is 0 Å². The Bertz CT molecular complexity index is 498.